The molecule has 3 atom stereocenters. The Morgan fingerprint density at radius 3 is 2.61 bits per heavy atom. The van der Waals surface area contributed by atoms with E-state index in [0.717, 1.165) is 21.7 Å². The maximum Gasteiger partial charge on any atom is 0.247 e. The minimum absolute atomic E-state index is 0.0196. The van der Waals surface area contributed by atoms with Gasteiger partial charge in [-0.3, -0.25) is 14.4 Å². The second kappa shape index (κ2) is 11.9. The summed E-state index contributed by atoms with van der Waals surface area (Å²) in [6.45, 7) is 7.26. The number of likely N-dealkylation sites (tertiary alicyclic amines) is 1. The number of hydrogen-bond donors (Lipinski definition) is 3. The van der Waals surface area contributed by atoms with Crippen molar-refractivity contribution in [2.24, 2.45) is 0 Å². The number of thiazole rings is 1. The Morgan fingerprint density at radius 2 is 2.03 bits per heavy atom. The van der Waals surface area contributed by atoms with Crippen molar-refractivity contribution in [2.75, 3.05) is 12.3 Å². The van der Waals surface area contributed by atoms with Gasteiger partial charge >= 0.3 is 0 Å². The van der Waals surface area contributed by atoms with Crippen LogP contribution in [0.15, 0.2) is 29.8 Å². The molecule has 1 aromatic heterocycles. The number of carbonyl (C=O) groups excluding carboxylic acids is 3. The first-order chi connectivity index (χ1) is 17.0. The molecular weight excluding hydrogens is 496 g/mol. The Hall–Kier alpha value is -2.87. The third-order valence-electron chi connectivity index (χ3n) is 6.11. The van der Waals surface area contributed by atoms with Crippen LogP contribution in [0.2, 0.25) is 0 Å². The number of thioether (sulfide) groups is 1. The molecule has 1 aliphatic rings. The van der Waals surface area contributed by atoms with Gasteiger partial charge in [-0.25, -0.2) is 4.98 Å². The highest BCUT2D eigenvalue weighted by atomic mass is 32.2. The Morgan fingerprint density at radius 1 is 1.33 bits per heavy atom. The summed E-state index contributed by atoms with van der Waals surface area (Å²) in [6, 6.07) is 6.13. The molecule has 1 aliphatic heterocycles. The van der Waals surface area contributed by atoms with E-state index in [9.17, 15) is 19.5 Å². The number of nitrogens with one attached hydrogen (secondary N) is 2. The third kappa shape index (κ3) is 6.66. The molecule has 8 nitrogen and oxygen atoms in total. The maximum atomic E-state index is 13.6. The van der Waals surface area contributed by atoms with Gasteiger partial charge < -0.3 is 20.6 Å². The molecule has 10 heteroatoms. The standard InChI is InChI=1S/C26H32N4O4S2/c1-6-11-36-26(4,5)23(29-17(3)31)25(34)30-14-20(32)12-21(30)24(33)27-13-18-7-9-19(10-8-18)22-16(2)28-15-35-22/h1,7-10,15,20-21,23,32H,11-14H2,2-5H3,(H,27,33)(H,29,31)/t20-,21+,23-/m1/s1. The van der Waals surface area contributed by atoms with E-state index < -0.39 is 28.8 Å². The van der Waals surface area contributed by atoms with E-state index in [1.165, 1.54) is 23.6 Å². The average molecular weight is 529 g/mol. The maximum absolute atomic E-state index is 13.6. The number of aliphatic hydroxyl groups is 1. The van der Waals surface area contributed by atoms with E-state index in [-0.39, 0.29) is 31.3 Å². The van der Waals surface area contributed by atoms with Crippen LogP contribution in [-0.4, -0.2) is 67.9 Å². The number of rotatable bonds is 9. The van der Waals surface area contributed by atoms with Gasteiger partial charge in [0.25, 0.3) is 0 Å². The van der Waals surface area contributed by atoms with E-state index in [1.54, 1.807) is 11.3 Å². The van der Waals surface area contributed by atoms with Crippen molar-refractivity contribution in [1.82, 2.24) is 20.5 Å². The van der Waals surface area contributed by atoms with Crippen LogP contribution in [0.3, 0.4) is 0 Å². The topological polar surface area (TPSA) is 112 Å². The van der Waals surface area contributed by atoms with Gasteiger partial charge in [0.1, 0.15) is 12.1 Å². The van der Waals surface area contributed by atoms with Crippen LogP contribution in [0.1, 0.15) is 38.4 Å². The first-order valence-electron chi connectivity index (χ1n) is 11.6. The minimum atomic E-state index is -0.906. The average Bonchev–Trinajstić information content (AvgIpc) is 3.45. The Labute approximate surface area is 220 Å². The first-order valence-corrected chi connectivity index (χ1v) is 13.5. The molecule has 0 aliphatic carbocycles. The summed E-state index contributed by atoms with van der Waals surface area (Å²) in [5, 5.41) is 15.9. The second-order valence-electron chi connectivity index (χ2n) is 9.31. The van der Waals surface area contributed by atoms with Crippen LogP contribution < -0.4 is 10.6 Å². The van der Waals surface area contributed by atoms with E-state index in [1.807, 2.05) is 50.5 Å². The number of carbonyl (C=O) groups is 3. The number of aryl methyl sites for hydroxylation is 1. The molecule has 0 saturated carbocycles. The second-order valence-corrected chi connectivity index (χ2v) is 11.8. The smallest absolute Gasteiger partial charge is 0.247 e. The molecule has 0 bridgehead atoms. The molecule has 0 spiro atoms. The monoisotopic (exact) mass is 528 g/mol. The lowest BCUT2D eigenvalue weighted by atomic mass is 10.0. The summed E-state index contributed by atoms with van der Waals surface area (Å²) < 4.78 is -0.720. The van der Waals surface area contributed by atoms with E-state index in [4.69, 9.17) is 6.42 Å². The largest absolute Gasteiger partial charge is 0.391 e. The molecule has 0 unspecified atom stereocenters. The molecule has 2 heterocycles. The minimum Gasteiger partial charge on any atom is -0.391 e. The van der Waals surface area contributed by atoms with Crippen molar-refractivity contribution in [3.05, 3.63) is 41.0 Å². The molecule has 1 fully saturated rings. The van der Waals surface area contributed by atoms with Crippen molar-refractivity contribution < 1.29 is 19.5 Å². The molecule has 1 aromatic carbocycles. The van der Waals surface area contributed by atoms with Crippen LogP contribution in [0.5, 0.6) is 0 Å². The fraction of sp³-hybridized carbons (Fsp3) is 0.462. The zero-order valence-electron chi connectivity index (χ0n) is 20.9. The van der Waals surface area contributed by atoms with Crippen LogP contribution in [-0.2, 0) is 20.9 Å². The number of amides is 3. The molecule has 3 amide bonds. The number of nitrogens with zero attached hydrogens (tertiary/aromatic N) is 2. The van der Waals surface area contributed by atoms with Crippen molar-refractivity contribution in [1.29, 1.82) is 0 Å². The molecule has 1 saturated heterocycles. The zero-order valence-corrected chi connectivity index (χ0v) is 22.5. The summed E-state index contributed by atoms with van der Waals surface area (Å²) >= 11 is 2.95. The molecular formula is C26H32N4O4S2. The van der Waals surface area contributed by atoms with Crippen molar-refractivity contribution >= 4 is 40.8 Å². The summed E-state index contributed by atoms with van der Waals surface area (Å²) in [5.41, 5.74) is 4.76. The molecule has 0 radical (unpaired) electrons. The van der Waals surface area contributed by atoms with Gasteiger partial charge in [0, 0.05) is 31.2 Å². The molecule has 3 rings (SSSR count). The number of aromatic nitrogens is 1. The fourth-order valence-corrected chi connectivity index (χ4v) is 5.77. The Bertz CT molecular complexity index is 1140. The summed E-state index contributed by atoms with van der Waals surface area (Å²) in [7, 11) is 0. The van der Waals surface area contributed by atoms with Gasteiger partial charge in [0.2, 0.25) is 17.7 Å². The van der Waals surface area contributed by atoms with Crippen LogP contribution >= 0.6 is 23.1 Å². The Balaban J connectivity index is 1.70. The normalized spacial score (nSPS) is 18.4. The Kier molecular flexibility index (Phi) is 9.17. The predicted molar refractivity (Wildman–Crippen MR) is 143 cm³/mol. The van der Waals surface area contributed by atoms with Gasteiger partial charge in [-0.05, 0) is 31.9 Å². The van der Waals surface area contributed by atoms with Crippen molar-refractivity contribution in [2.45, 2.75) is 63.6 Å². The number of hydrogen-bond acceptors (Lipinski definition) is 7. The van der Waals surface area contributed by atoms with Gasteiger partial charge in [0.05, 0.1) is 27.9 Å². The quantitative estimate of drug-likeness (QED) is 0.431. The predicted octanol–water partition coefficient (Wildman–Crippen LogP) is 2.35. The van der Waals surface area contributed by atoms with E-state index >= 15 is 0 Å². The highest BCUT2D eigenvalue weighted by Crippen LogP contribution is 2.31. The van der Waals surface area contributed by atoms with Gasteiger partial charge in [-0.2, -0.15) is 0 Å². The van der Waals surface area contributed by atoms with Crippen molar-refractivity contribution in [3.8, 4) is 22.8 Å². The van der Waals surface area contributed by atoms with Gasteiger partial charge in [0.15, 0.2) is 0 Å². The number of terminal acetylenes is 1. The van der Waals surface area contributed by atoms with E-state index in [2.05, 4.69) is 21.5 Å². The van der Waals surface area contributed by atoms with Crippen molar-refractivity contribution in [3.63, 3.8) is 0 Å². The number of β-amino-alcohol motifs (C(OH)–C–C–N with tert-alkyl or cyclic N) is 1. The highest BCUT2D eigenvalue weighted by Gasteiger charge is 2.45. The van der Waals surface area contributed by atoms with Crippen LogP contribution in [0.4, 0.5) is 0 Å². The van der Waals surface area contributed by atoms with Gasteiger partial charge in [-0.15, -0.1) is 29.5 Å². The SMILES string of the molecule is C#CCSC(C)(C)[C@H](NC(C)=O)C(=O)N1C[C@H](O)C[C@H]1C(=O)NCc1ccc(-c2scnc2C)cc1. The fourth-order valence-electron chi connectivity index (χ4n) is 4.18. The first kappa shape index (κ1) is 27.7. The zero-order chi connectivity index (χ0) is 26.5. The highest BCUT2D eigenvalue weighted by molar-refractivity contribution is 8.00. The molecule has 36 heavy (non-hydrogen) atoms. The molecule has 192 valence electrons. The molecule has 2 aromatic rings. The van der Waals surface area contributed by atoms with Crippen LogP contribution in [0, 0.1) is 19.3 Å². The third-order valence-corrected chi connectivity index (χ3v) is 8.38. The lowest BCUT2D eigenvalue weighted by Crippen LogP contribution is -2.59. The van der Waals surface area contributed by atoms with Crippen LogP contribution in [0.25, 0.3) is 10.4 Å². The lowest BCUT2D eigenvalue weighted by Gasteiger charge is -2.36. The van der Waals surface area contributed by atoms with Gasteiger partial charge in [-0.1, -0.05) is 30.2 Å². The summed E-state index contributed by atoms with van der Waals surface area (Å²) in [5.74, 6) is 1.78. The number of benzene rings is 1. The number of aliphatic hydroxyl groups excluding tert-OH is 1. The summed E-state index contributed by atoms with van der Waals surface area (Å²) in [6.07, 6.45) is 4.70. The van der Waals surface area contributed by atoms with E-state index in [0.29, 0.717) is 5.75 Å². The summed E-state index contributed by atoms with van der Waals surface area (Å²) in [4.78, 5) is 45.3. The molecule has 3 N–H and O–H groups in total. The lowest BCUT2D eigenvalue weighted by molar-refractivity contribution is -0.142.